The van der Waals surface area contributed by atoms with Gasteiger partial charge in [-0.15, -0.1) is 0 Å². The molecule has 0 fully saturated rings. The second kappa shape index (κ2) is 65.1. The smallest absolute Gasteiger partial charge is 0.305 e. The van der Waals surface area contributed by atoms with E-state index in [0.717, 1.165) is 44.9 Å². The first-order valence-corrected chi connectivity index (χ1v) is 34.4. The Balaban J connectivity index is 3.38. The number of aliphatic hydroxyl groups is 2. The second-order valence-corrected chi connectivity index (χ2v) is 23.9. The minimum absolute atomic E-state index is 0.00437. The van der Waals surface area contributed by atoms with Crippen LogP contribution in [0.15, 0.2) is 12.2 Å². The van der Waals surface area contributed by atoms with Crippen LogP contribution in [0.25, 0.3) is 0 Å². The van der Waals surface area contributed by atoms with Crippen LogP contribution in [0.3, 0.4) is 0 Å². The van der Waals surface area contributed by atoms with Crippen molar-refractivity contribution in [2.45, 2.75) is 405 Å². The van der Waals surface area contributed by atoms with E-state index in [2.05, 4.69) is 31.3 Å². The van der Waals surface area contributed by atoms with Gasteiger partial charge in [0.05, 0.1) is 25.4 Å². The molecule has 0 rings (SSSR count). The third-order valence-corrected chi connectivity index (χ3v) is 16.3. The van der Waals surface area contributed by atoms with Crippen molar-refractivity contribution in [3.05, 3.63) is 12.2 Å². The molecule has 0 heterocycles. The number of carbonyl (C=O) groups is 2. The summed E-state index contributed by atoms with van der Waals surface area (Å²) < 4.78 is 5.46. The van der Waals surface area contributed by atoms with Gasteiger partial charge in [0.25, 0.3) is 0 Å². The molecule has 6 heteroatoms. The van der Waals surface area contributed by atoms with Crippen molar-refractivity contribution in [3.63, 3.8) is 0 Å². The van der Waals surface area contributed by atoms with Crippen LogP contribution in [-0.4, -0.2) is 47.4 Å². The molecule has 2 atom stereocenters. The first-order chi connectivity index (χ1) is 37.0. The molecule has 0 saturated carbocycles. The summed E-state index contributed by atoms with van der Waals surface area (Å²) in [7, 11) is 0. The molecule has 446 valence electrons. The number of amides is 1. The Morgan fingerprint density at radius 1 is 0.360 bits per heavy atom. The predicted octanol–water partition coefficient (Wildman–Crippen LogP) is 22.0. The maximum atomic E-state index is 12.6. The minimum Gasteiger partial charge on any atom is -0.466 e. The third kappa shape index (κ3) is 61.7. The lowest BCUT2D eigenvalue weighted by atomic mass is 10.0. The Labute approximate surface area is 469 Å². The van der Waals surface area contributed by atoms with Crippen molar-refractivity contribution < 1.29 is 24.5 Å². The lowest BCUT2D eigenvalue weighted by Gasteiger charge is -2.22. The van der Waals surface area contributed by atoms with Crippen LogP contribution in [0.2, 0.25) is 0 Å². The van der Waals surface area contributed by atoms with E-state index in [9.17, 15) is 19.8 Å². The molecule has 0 aliphatic carbocycles. The number of allylic oxidation sites excluding steroid dienone is 2. The Hall–Kier alpha value is -1.40. The van der Waals surface area contributed by atoms with Crippen LogP contribution < -0.4 is 5.32 Å². The van der Waals surface area contributed by atoms with Crippen molar-refractivity contribution in [2.24, 2.45) is 0 Å². The van der Waals surface area contributed by atoms with E-state index < -0.39 is 12.1 Å². The van der Waals surface area contributed by atoms with Gasteiger partial charge in [-0.2, -0.15) is 0 Å². The summed E-state index contributed by atoms with van der Waals surface area (Å²) >= 11 is 0. The van der Waals surface area contributed by atoms with Crippen LogP contribution in [0.5, 0.6) is 0 Å². The molecule has 0 aromatic heterocycles. The highest BCUT2D eigenvalue weighted by molar-refractivity contribution is 5.76. The quantitative estimate of drug-likeness (QED) is 0.0320. The van der Waals surface area contributed by atoms with Gasteiger partial charge >= 0.3 is 5.97 Å². The average molecular weight is 1060 g/mol. The Bertz CT molecular complexity index is 1130. The van der Waals surface area contributed by atoms with Gasteiger partial charge in [-0.1, -0.05) is 347 Å². The van der Waals surface area contributed by atoms with Gasteiger partial charge in [0, 0.05) is 12.8 Å². The number of ether oxygens (including phenoxy) is 1. The number of aliphatic hydroxyl groups excluding tert-OH is 2. The fourth-order valence-corrected chi connectivity index (χ4v) is 11.0. The van der Waals surface area contributed by atoms with E-state index in [0.29, 0.717) is 25.9 Å². The molecule has 75 heavy (non-hydrogen) atoms. The molecule has 1 amide bonds. The van der Waals surface area contributed by atoms with Gasteiger partial charge in [0.2, 0.25) is 5.91 Å². The third-order valence-electron chi connectivity index (χ3n) is 16.3. The number of unbranched alkanes of at least 4 members (excludes halogenated alkanes) is 52. The van der Waals surface area contributed by atoms with Crippen LogP contribution in [0.4, 0.5) is 0 Å². The van der Waals surface area contributed by atoms with Gasteiger partial charge in [-0.3, -0.25) is 9.59 Å². The number of esters is 1. The number of rotatable bonds is 65. The fourth-order valence-electron chi connectivity index (χ4n) is 11.0. The van der Waals surface area contributed by atoms with Crippen LogP contribution >= 0.6 is 0 Å². The minimum atomic E-state index is -0.665. The number of hydrogen-bond acceptors (Lipinski definition) is 5. The van der Waals surface area contributed by atoms with Crippen LogP contribution in [-0.2, 0) is 14.3 Å². The highest BCUT2D eigenvalue weighted by Gasteiger charge is 2.20. The molecule has 2 unspecified atom stereocenters. The molecule has 0 aromatic carbocycles. The standard InChI is InChI=1S/C69H135NO5/c1-3-5-7-9-11-13-15-16-17-18-19-20-21-23-26-29-32-35-38-42-45-49-53-57-61-67(72)66(65-71)70-68(73)62-58-54-50-46-43-39-36-33-30-27-24-22-25-28-31-34-37-40-44-48-52-56-60-64-75-69(74)63-59-55-51-47-41-14-12-10-8-6-4-2/h10,12,66-67,71-72H,3-9,11,13-65H2,1-2H3,(H,70,73)/b12-10-. The van der Waals surface area contributed by atoms with Gasteiger partial charge in [-0.05, 0) is 44.9 Å². The summed E-state index contributed by atoms with van der Waals surface area (Å²) in [5.74, 6) is -0.0250. The van der Waals surface area contributed by atoms with Gasteiger partial charge in [0.1, 0.15) is 0 Å². The maximum absolute atomic E-state index is 12.6. The van der Waals surface area contributed by atoms with E-state index in [1.54, 1.807) is 0 Å². The lowest BCUT2D eigenvalue weighted by Crippen LogP contribution is -2.45. The zero-order chi connectivity index (χ0) is 54.3. The maximum Gasteiger partial charge on any atom is 0.305 e. The van der Waals surface area contributed by atoms with Crippen molar-refractivity contribution in [3.8, 4) is 0 Å². The second-order valence-electron chi connectivity index (χ2n) is 23.9. The Morgan fingerprint density at radius 2 is 0.640 bits per heavy atom. The molecule has 0 radical (unpaired) electrons. The monoisotopic (exact) mass is 1060 g/mol. The molecular weight excluding hydrogens is 923 g/mol. The predicted molar refractivity (Wildman–Crippen MR) is 329 cm³/mol. The van der Waals surface area contributed by atoms with Crippen molar-refractivity contribution in [1.82, 2.24) is 5.32 Å². The highest BCUT2D eigenvalue weighted by atomic mass is 16.5. The fraction of sp³-hybridized carbons (Fsp3) is 0.942. The number of carbonyl (C=O) groups excluding carboxylic acids is 2. The van der Waals surface area contributed by atoms with Crippen molar-refractivity contribution >= 4 is 11.9 Å². The summed E-state index contributed by atoms with van der Waals surface area (Å²) in [6, 6.07) is -0.542. The van der Waals surface area contributed by atoms with E-state index in [1.807, 2.05) is 0 Å². The molecular formula is C69H135NO5. The molecule has 0 aromatic rings. The van der Waals surface area contributed by atoms with E-state index in [-0.39, 0.29) is 18.5 Å². The van der Waals surface area contributed by atoms with E-state index in [1.165, 1.54) is 315 Å². The topological polar surface area (TPSA) is 95.9 Å². The van der Waals surface area contributed by atoms with Crippen LogP contribution in [0.1, 0.15) is 393 Å². The SMILES string of the molecule is CCCC/C=C\CCCCCCCC(=O)OCCCCCCCCCCCCCCCCCCCCCCCCCC(=O)NC(CO)C(O)CCCCCCCCCCCCCCCCCCCCCCCCCC. The van der Waals surface area contributed by atoms with Crippen molar-refractivity contribution in [1.29, 1.82) is 0 Å². The molecule has 6 nitrogen and oxygen atoms in total. The molecule has 0 aliphatic heterocycles. The van der Waals surface area contributed by atoms with Crippen molar-refractivity contribution in [2.75, 3.05) is 13.2 Å². The summed E-state index contributed by atoms with van der Waals surface area (Å²) in [6.45, 7) is 4.95. The molecule has 3 N–H and O–H groups in total. The van der Waals surface area contributed by atoms with E-state index in [4.69, 9.17) is 4.74 Å². The average Bonchev–Trinajstić information content (AvgIpc) is 3.41. The molecule has 0 spiro atoms. The number of hydrogen-bond donors (Lipinski definition) is 3. The largest absolute Gasteiger partial charge is 0.466 e. The Kier molecular flexibility index (Phi) is 63.9. The van der Waals surface area contributed by atoms with Gasteiger partial charge < -0.3 is 20.3 Å². The zero-order valence-electron chi connectivity index (χ0n) is 51.1. The first kappa shape index (κ1) is 73.6. The first-order valence-electron chi connectivity index (χ1n) is 34.4. The normalized spacial score (nSPS) is 12.5. The van der Waals surface area contributed by atoms with Gasteiger partial charge in [0.15, 0.2) is 0 Å². The molecule has 0 aliphatic rings. The summed E-state index contributed by atoms with van der Waals surface area (Å²) in [4.78, 5) is 24.6. The number of nitrogens with one attached hydrogen (secondary N) is 1. The Morgan fingerprint density at radius 3 is 0.987 bits per heavy atom. The summed E-state index contributed by atoms with van der Waals surface area (Å²) in [5.41, 5.74) is 0. The lowest BCUT2D eigenvalue weighted by molar-refractivity contribution is -0.143. The van der Waals surface area contributed by atoms with E-state index >= 15 is 0 Å². The molecule has 0 saturated heterocycles. The van der Waals surface area contributed by atoms with Crippen LogP contribution in [0, 0.1) is 0 Å². The molecule has 0 bridgehead atoms. The summed E-state index contributed by atoms with van der Waals surface area (Å²) in [5, 5.41) is 23.4. The highest BCUT2D eigenvalue weighted by Crippen LogP contribution is 2.19. The summed E-state index contributed by atoms with van der Waals surface area (Å²) in [6.07, 6.45) is 79.7. The van der Waals surface area contributed by atoms with Gasteiger partial charge in [-0.25, -0.2) is 0 Å². The zero-order valence-corrected chi connectivity index (χ0v) is 51.1.